The minimum Gasteiger partial charge on any atom is -0.405 e. The molecule has 1 unspecified atom stereocenters. The van der Waals surface area contributed by atoms with Crippen LogP contribution in [0.1, 0.15) is 0 Å². The largest absolute Gasteiger partial charge is 0.510 e. The Kier molecular flexibility index (Phi) is 4.47. The van der Waals surface area contributed by atoms with Crippen molar-refractivity contribution in [1.29, 1.82) is 0 Å². The summed E-state index contributed by atoms with van der Waals surface area (Å²) in [5, 5.41) is 0. The second kappa shape index (κ2) is 6.69. The second-order valence-corrected chi connectivity index (χ2v) is 6.37. The zero-order chi connectivity index (χ0) is 16.1. The Hall–Kier alpha value is -2.55. The monoisotopic (exact) mass is 325 g/mol. The van der Waals surface area contributed by atoms with E-state index in [0.29, 0.717) is 11.5 Å². The van der Waals surface area contributed by atoms with Gasteiger partial charge in [-0.25, -0.2) is 10.1 Å². The quantitative estimate of drug-likeness (QED) is 0.679. The summed E-state index contributed by atoms with van der Waals surface area (Å²) in [6.07, 6.45) is 0. The van der Waals surface area contributed by atoms with Gasteiger partial charge in [0.15, 0.2) is 0 Å². The normalized spacial score (nSPS) is 13.1. The van der Waals surface area contributed by atoms with Gasteiger partial charge in [0, 0.05) is 0 Å². The number of para-hydroxylation sites is 1. The first-order valence-corrected chi connectivity index (χ1v) is 8.72. The molecule has 0 spiro atoms. The third kappa shape index (κ3) is 4.22. The van der Waals surface area contributed by atoms with Crippen molar-refractivity contribution in [3.63, 3.8) is 0 Å². The van der Waals surface area contributed by atoms with Crippen LogP contribution in [0.4, 0.5) is 0 Å². The summed E-state index contributed by atoms with van der Waals surface area (Å²) >= 11 is 0. The molecule has 3 aromatic carbocycles. The molecule has 0 fully saturated rings. The lowest BCUT2D eigenvalue weighted by Gasteiger charge is -2.15. The summed E-state index contributed by atoms with van der Waals surface area (Å²) in [5.74, 6) is 0.797. The molecule has 1 atom stereocenters. The number of nitrogens with two attached hydrogens (primary N) is 1. The van der Waals surface area contributed by atoms with Crippen molar-refractivity contribution in [2.75, 3.05) is 0 Å². The molecule has 23 heavy (non-hydrogen) atoms. The van der Waals surface area contributed by atoms with Gasteiger partial charge in [-0.1, -0.05) is 60.7 Å². The lowest BCUT2D eigenvalue weighted by molar-refractivity contribution is 0.387. The van der Waals surface area contributed by atoms with E-state index < -0.39 is 7.75 Å². The molecule has 0 aliphatic heterocycles. The fraction of sp³-hybridized carbons (Fsp3) is 0. The Morgan fingerprint density at radius 3 is 1.61 bits per heavy atom. The van der Waals surface area contributed by atoms with Gasteiger partial charge in [-0.3, -0.25) is 0 Å². The predicted octanol–water partition coefficient (Wildman–Crippen LogP) is 4.88. The second-order valence-electron chi connectivity index (χ2n) is 4.93. The fourth-order valence-corrected chi connectivity index (χ4v) is 3.00. The third-order valence-electron chi connectivity index (χ3n) is 3.17. The van der Waals surface area contributed by atoms with Gasteiger partial charge in [0.25, 0.3) is 0 Å². The lowest BCUT2D eigenvalue weighted by atomic mass is 10.1. The van der Waals surface area contributed by atoms with Crippen LogP contribution in [-0.2, 0) is 4.57 Å². The van der Waals surface area contributed by atoms with E-state index in [1.54, 1.807) is 36.4 Å². The van der Waals surface area contributed by atoms with Gasteiger partial charge in [-0.2, -0.15) is 0 Å². The maximum Gasteiger partial charge on any atom is 0.510 e. The predicted molar refractivity (Wildman–Crippen MR) is 91.4 cm³/mol. The van der Waals surface area contributed by atoms with Gasteiger partial charge in [0.2, 0.25) is 0 Å². The van der Waals surface area contributed by atoms with Gasteiger partial charge < -0.3 is 9.05 Å². The van der Waals surface area contributed by atoms with E-state index in [1.165, 1.54) is 0 Å². The highest BCUT2D eigenvalue weighted by Crippen LogP contribution is 2.41. The van der Waals surface area contributed by atoms with Crippen molar-refractivity contribution < 1.29 is 13.6 Å². The first kappa shape index (κ1) is 15.3. The molecule has 3 rings (SSSR count). The molecule has 0 amide bonds. The van der Waals surface area contributed by atoms with Crippen LogP contribution in [0.25, 0.3) is 11.1 Å². The average molecular weight is 325 g/mol. The molecule has 0 aromatic heterocycles. The smallest absolute Gasteiger partial charge is 0.405 e. The van der Waals surface area contributed by atoms with Gasteiger partial charge >= 0.3 is 7.75 Å². The van der Waals surface area contributed by atoms with E-state index in [0.717, 1.165) is 11.1 Å². The highest BCUT2D eigenvalue weighted by Gasteiger charge is 2.21. The first-order chi connectivity index (χ1) is 11.1. The van der Waals surface area contributed by atoms with E-state index in [2.05, 4.69) is 0 Å². The molecule has 116 valence electrons. The van der Waals surface area contributed by atoms with Crippen molar-refractivity contribution >= 4 is 7.75 Å². The molecule has 0 heterocycles. The molecule has 0 saturated carbocycles. The lowest BCUT2D eigenvalue weighted by Crippen LogP contribution is -2.08. The Morgan fingerprint density at radius 1 is 0.609 bits per heavy atom. The van der Waals surface area contributed by atoms with Gasteiger partial charge in [0.05, 0.1) is 0 Å². The summed E-state index contributed by atoms with van der Waals surface area (Å²) in [7, 11) is -3.72. The number of rotatable bonds is 5. The van der Waals surface area contributed by atoms with Crippen molar-refractivity contribution in [3.05, 3.63) is 84.9 Å². The number of benzene rings is 3. The zero-order valence-electron chi connectivity index (χ0n) is 12.3. The molecule has 3 aromatic rings. The SMILES string of the molecule is NP(=O)(Oc1ccccc1)Oc1ccc(-c2ccccc2)cc1. The zero-order valence-corrected chi connectivity index (χ0v) is 13.2. The van der Waals surface area contributed by atoms with Crippen LogP contribution in [0, 0.1) is 0 Å². The van der Waals surface area contributed by atoms with Gasteiger partial charge in [-0.05, 0) is 35.4 Å². The standard InChI is InChI=1S/C18H16NO3P/c19-23(20,21-17-9-5-2-6-10-17)22-18-13-11-16(12-14-18)15-7-3-1-4-8-15/h1-14H,(H2,19,20). The first-order valence-electron chi connectivity index (χ1n) is 7.11. The van der Waals surface area contributed by atoms with Crippen LogP contribution in [-0.4, -0.2) is 0 Å². The van der Waals surface area contributed by atoms with Crippen LogP contribution in [0.2, 0.25) is 0 Å². The van der Waals surface area contributed by atoms with Gasteiger partial charge in [-0.15, -0.1) is 0 Å². The number of hydrogen-bond acceptors (Lipinski definition) is 3. The van der Waals surface area contributed by atoms with E-state index in [9.17, 15) is 4.57 Å². The summed E-state index contributed by atoms with van der Waals surface area (Å²) in [6, 6.07) is 25.8. The Labute approximate surface area is 135 Å². The maximum absolute atomic E-state index is 12.2. The molecule has 0 aliphatic rings. The molecule has 5 heteroatoms. The van der Waals surface area contributed by atoms with E-state index >= 15 is 0 Å². The highest BCUT2D eigenvalue weighted by atomic mass is 31.2. The van der Waals surface area contributed by atoms with E-state index in [-0.39, 0.29) is 0 Å². The number of hydrogen-bond donors (Lipinski definition) is 1. The van der Waals surface area contributed by atoms with Crippen LogP contribution >= 0.6 is 7.75 Å². The van der Waals surface area contributed by atoms with E-state index in [4.69, 9.17) is 14.6 Å². The minimum absolute atomic E-state index is 0.395. The molecular formula is C18H16NO3P. The van der Waals surface area contributed by atoms with Crippen molar-refractivity contribution in [3.8, 4) is 22.6 Å². The van der Waals surface area contributed by atoms with E-state index in [1.807, 2.05) is 48.5 Å². The Bertz CT molecular complexity index is 805. The Balaban J connectivity index is 1.71. The molecule has 2 N–H and O–H groups in total. The molecule has 0 aliphatic carbocycles. The molecule has 0 radical (unpaired) electrons. The summed E-state index contributed by atoms with van der Waals surface area (Å²) in [5.41, 5.74) is 7.77. The molecule has 0 saturated heterocycles. The summed E-state index contributed by atoms with van der Waals surface area (Å²) in [6.45, 7) is 0. The summed E-state index contributed by atoms with van der Waals surface area (Å²) in [4.78, 5) is 0. The molecule has 4 nitrogen and oxygen atoms in total. The maximum atomic E-state index is 12.2. The third-order valence-corrected chi connectivity index (χ3v) is 4.10. The minimum atomic E-state index is -3.72. The van der Waals surface area contributed by atoms with Gasteiger partial charge in [0.1, 0.15) is 11.5 Å². The van der Waals surface area contributed by atoms with Crippen LogP contribution in [0.5, 0.6) is 11.5 Å². The fourth-order valence-electron chi connectivity index (χ4n) is 2.13. The van der Waals surface area contributed by atoms with Crippen molar-refractivity contribution in [2.45, 2.75) is 0 Å². The van der Waals surface area contributed by atoms with Crippen molar-refractivity contribution in [2.24, 2.45) is 5.50 Å². The van der Waals surface area contributed by atoms with Crippen molar-refractivity contribution in [1.82, 2.24) is 0 Å². The Morgan fingerprint density at radius 2 is 1.04 bits per heavy atom. The molecule has 0 bridgehead atoms. The highest BCUT2D eigenvalue weighted by molar-refractivity contribution is 7.52. The van der Waals surface area contributed by atoms with Crippen LogP contribution in [0.3, 0.4) is 0 Å². The average Bonchev–Trinajstić information content (AvgIpc) is 2.56. The topological polar surface area (TPSA) is 61.6 Å². The van der Waals surface area contributed by atoms with Crippen LogP contribution < -0.4 is 14.6 Å². The summed E-state index contributed by atoms with van der Waals surface area (Å²) < 4.78 is 22.8. The molecular weight excluding hydrogens is 309 g/mol. The van der Waals surface area contributed by atoms with Crippen LogP contribution in [0.15, 0.2) is 84.9 Å².